The van der Waals surface area contributed by atoms with E-state index in [9.17, 15) is 17.6 Å². The number of nitrogens with two attached hydrogens (primary N) is 1. The summed E-state index contributed by atoms with van der Waals surface area (Å²) in [5.41, 5.74) is 3.32. The van der Waals surface area contributed by atoms with Crippen LogP contribution in [0.25, 0.3) is 0 Å². The molecule has 1 nitrogen and oxygen atoms in total. The Hall–Kier alpha value is -1.10. The van der Waals surface area contributed by atoms with Gasteiger partial charge < -0.3 is 5.73 Å². The van der Waals surface area contributed by atoms with Gasteiger partial charge in [-0.25, -0.2) is 4.39 Å². The van der Waals surface area contributed by atoms with Crippen LogP contribution in [0.2, 0.25) is 0 Å². The third-order valence-electron chi connectivity index (χ3n) is 2.92. The molecule has 0 aliphatic rings. The van der Waals surface area contributed by atoms with Crippen LogP contribution in [0.3, 0.4) is 0 Å². The van der Waals surface area contributed by atoms with Gasteiger partial charge in [0.2, 0.25) is 0 Å². The van der Waals surface area contributed by atoms with Crippen LogP contribution >= 0.6 is 0 Å². The topological polar surface area (TPSA) is 26.0 Å². The lowest BCUT2D eigenvalue weighted by molar-refractivity contribution is -0.137. The number of rotatable bonds is 3. The molecule has 1 atom stereocenters. The minimum absolute atomic E-state index is 0.135. The van der Waals surface area contributed by atoms with Crippen molar-refractivity contribution in [3.05, 3.63) is 34.9 Å². The number of aryl methyl sites for hydroxylation is 1. The maximum Gasteiger partial charge on any atom is 0.416 e. The number of benzene rings is 1. The van der Waals surface area contributed by atoms with Crippen molar-refractivity contribution in [3.8, 4) is 0 Å². The Kier molecular flexibility index (Phi) is 3.81. The van der Waals surface area contributed by atoms with Gasteiger partial charge in [0.15, 0.2) is 0 Å². The standard InChI is InChI=1S/C12H15F4N/c1-3-11(13,7-17)10-5-4-9(6-8(10)2)12(14,15)16/h4-6H,3,7,17H2,1-2H3. The summed E-state index contributed by atoms with van der Waals surface area (Å²) in [5, 5.41) is 0. The molecular weight excluding hydrogens is 234 g/mol. The van der Waals surface area contributed by atoms with Crippen LogP contribution in [0.15, 0.2) is 18.2 Å². The van der Waals surface area contributed by atoms with Gasteiger partial charge in [0, 0.05) is 6.54 Å². The fourth-order valence-electron chi connectivity index (χ4n) is 1.79. The van der Waals surface area contributed by atoms with Gasteiger partial charge in [-0.3, -0.25) is 0 Å². The van der Waals surface area contributed by atoms with Gasteiger partial charge in [-0.2, -0.15) is 13.2 Å². The van der Waals surface area contributed by atoms with E-state index in [2.05, 4.69) is 0 Å². The lowest BCUT2D eigenvalue weighted by atomic mass is 9.88. The summed E-state index contributed by atoms with van der Waals surface area (Å²) in [4.78, 5) is 0. The minimum Gasteiger partial charge on any atom is -0.327 e. The highest BCUT2D eigenvalue weighted by Gasteiger charge is 2.34. The van der Waals surface area contributed by atoms with E-state index in [1.807, 2.05) is 0 Å². The molecule has 0 aliphatic carbocycles. The van der Waals surface area contributed by atoms with Gasteiger partial charge in [0.25, 0.3) is 0 Å². The second-order valence-electron chi connectivity index (χ2n) is 4.05. The number of halogens is 4. The third-order valence-corrected chi connectivity index (χ3v) is 2.92. The zero-order valence-electron chi connectivity index (χ0n) is 9.74. The van der Waals surface area contributed by atoms with E-state index >= 15 is 0 Å². The Morgan fingerprint density at radius 1 is 1.18 bits per heavy atom. The average Bonchev–Trinajstić information content (AvgIpc) is 2.26. The molecule has 0 fully saturated rings. The first kappa shape index (κ1) is 14.0. The van der Waals surface area contributed by atoms with Crippen molar-refractivity contribution < 1.29 is 17.6 Å². The van der Waals surface area contributed by atoms with E-state index in [-0.39, 0.29) is 24.1 Å². The normalized spacial score (nSPS) is 15.7. The van der Waals surface area contributed by atoms with Crippen molar-refractivity contribution in [2.75, 3.05) is 6.54 Å². The van der Waals surface area contributed by atoms with Crippen LogP contribution in [0, 0.1) is 6.92 Å². The largest absolute Gasteiger partial charge is 0.416 e. The highest BCUT2D eigenvalue weighted by Crippen LogP contribution is 2.35. The van der Waals surface area contributed by atoms with Crippen molar-refractivity contribution in [1.82, 2.24) is 0 Å². The SMILES string of the molecule is CCC(F)(CN)c1ccc(C(F)(F)F)cc1C. The van der Waals surface area contributed by atoms with Crippen molar-refractivity contribution in [3.63, 3.8) is 0 Å². The summed E-state index contributed by atoms with van der Waals surface area (Å²) in [7, 11) is 0. The predicted octanol–water partition coefficient (Wildman–Crippen LogP) is 3.55. The van der Waals surface area contributed by atoms with Gasteiger partial charge in [-0.05, 0) is 36.6 Å². The first-order valence-electron chi connectivity index (χ1n) is 5.32. The molecule has 0 saturated carbocycles. The van der Waals surface area contributed by atoms with Crippen LogP contribution in [0.1, 0.15) is 30.0 Å². The van der Waals surface area contributed by atoms with E-state index in [4.69, 9.17) is 5.73 Å². The average molecular weight is 249 g/mol. The zero-order valence-corrected chi connectivity index (χ0v) is 9.74. The van der Waals surface area contributed by atoms with Crippen LogP contribution in [-0.2, 0) is 11.8 Å². The Balaban J connectivity index is 3.23. The van der Waals surface area contributed by atoms with E-state index in [0.717, 1.165) is 12.1 Å². The summed E-state index contributed by atoms with van der Waals surface area (Å²) in [6, 6.07) is 3.02. The molecule has 96 valence electrons. The van der Waals surface area contributed by atoms with Crippen molar-refractivity contribution >= 4 is 0 Å². The molecule has 0 spiro atoms. The molecule has 0 bridgehead atoms. The van der Waals surface area contributed by atoms with Gasteiger partial charge >= 0.3 is 6.18 Å². The molecule has 17 heavy (non-hydrogen) atoms. The molecule has 0 heterocycles. The van der Waals surface area contributed by atoms with Crippen molar-refractivity contribution in [1.29, 1.82) is 0 Å². The fourth-order valence-corrected chi connectivity index (χ4v) is 1.79. The van der Waals surface area contributed by atoms with E-state index in [1.54, 1.807) is 6.92 Å². The summed E-state index contributed by atoms with van der Waals surface area (Å²) in [6.07, 6.45) is -4.27. The van der Waals surface area contributed by atoms with E-state index in [1.165, 1.54) is 13.0 Å². The van der Waals surface area contributed by atoms with Crippen molar-refractivity contribution in [2.24, 2.45) is 5.73 Å². The molecule has 0 aliphatic heterocycles. The molecular formula is C12H15F4N. The Morgan fingerprint density at radius 2 is 1.76 bits per heavy atom. The highest BCUT2D eigenvalue weighted by atomic mass is 19.4. The summed E-state index contributed by atoms with van der Waals surface area (Å²) in [6.45, 7) is 2.84. The number of hydrogen-bond acceptors (Lipinski definition) is 1. The molecule has 0 amide bonds. The molecule has 0 radical (unpaired) electrons. The molecule has 1 unspecified atom stereocenters. The third kappa shape index (κ3) is 2.77. The monoisotopic (exact) mass is 249 g/mol. The summed E-state index contributed by atoms with van der Waals surface area (Å²) in [5.74, 6) is 0. The molecule has 0 saturated heterocycles. The Labute approximate surface area is 97.6 Å². The number of alkyl halides is 4. The number of hydrogen-bond donors (Lipinski definition) is 1. The second kappa shape index (κ2) is 4.64. The van der Waals surface area contributed by atoms with Crippen LogP contribution in [0.5, 0.6) is 0 Å². The van der Waals surface area contributed by atoms with Crippen LogP contribution in [0.4, 0.5) is 17.6 Å². The summed E-state index contributed by atoms with van der Waals surface area (Å²) >= 11 is 0. The summed E-state index contributed by atoms with van der Waals surface area (Å²) < 4.78 is 51.6. The van der Waals surface area contributed by atoms with Crippen LogP contribution < -0.4 is 5.73 Å². The predicted molar refractivity (Wildman–Crippen MR) is 58.3 cm³/mol. The van der Waals surface area contributed by atoms with Crippen LogP contribution in [-0.4, -0.2) is 6.54 Å². The molecule has 1 rings (SSSR count). The van der Waals surface area contributed by atoms with Gasteiger partial charge in [-0.1, -0.05) is 13.0 Å². The maximum atomic E-state index is 14.3. The van der Waals surface area contributed by atoms with E-state index < -0.39 is 17.4 Å². The highest BCUT2D eigenvalue weighted by molar-refractivity contribution is 5.36. The van der Waals surface area contributed by atoms with Gasteiger partial charge in [-0.15, -0.1) is 0 Å². The lowest BCUT2D eigenvalue weighted by Gasteiger charge is -2.25. The molecule has 1 aromatic carbocycles. The smallest absolute Gasteiger partial charge is 0.327 e. The molecule has 5 heteroatoms. The first-order valence-corrected chi connectivity index (χ1v) is 5.32. The van der Waals surface area contributed by atoms with Gasteiger partial charge in [0.1, 0.15) is 5.67 Å². The lowest BCUT2D eigenvalue weighted by Crippen LogP contribution is -2.30. The van der Waals surface area contributed by atoms with Crippen molar-refractivity contribution in [2.45, 2.75) is 32.1 Å². The molecule has 2 N–H and O–H groups in total. The van der Waals surface area contributed by atoms with E-state index in [0.29, 0.717) is 0 Å². The Morgan fingerprint density at radius 3 is 2.12 bits per heavy atom. The maximum absolute atomic E-state index is 14.3. The molecule has 0 aromatic heterocycles. The zero-order chi connectivity index (χ0) is 13.3. The minimum atomic E-state index is -4.41. The Bertz CT molecular complexity index is 394. The quantitative estimate of drug-likeness (QED) is 0.814. The second-order valence-corrected chi connectivity index (χ2v) is 4.05. The first-order chi connectivity index (χ1) is 7.74. The fraction of sp³-hybridized carbons (Fsp3) is 0.500. The molecule has 1 aromatic rings. The van der Waals surface area contributed by atoms with Gasteiger partial charge in [0.05, 0.1) is 5.56 Å².